The maximum absolute atomic E-state index is 13.7. The van der Waals surface area contributed by atoms with Gasteiger partial charge in [-0.05, 0) is 25.1 Å². The summed E-state index contributed by atoms with van der Waals surface area (Å²) in [5, 5.41) is 2.71. The van der Waals surface area contributed by atoms with Crippen molar-refractivity contribution in [2.24, 2.45) is 0 Å². The van der Waals surface area contributed by atoms with E-state index in [9.17, 15) is 18.0 Å². The van der Waals surface area contributed by atoms with Gasteiger partial charge in [0.2, 0.25) is 0 Å². The SMILES string of the molecule is Cc1nc(NC(=O)COc2ccc(Br)cc2F)sc1-c1nccn1C(F)F. The molecule has 0 saturated heterocycles. The molecular formula is C16H12BrF3N4O2S. The average molecular weight is 461 g/mol. The third-order valence-corrected chi connectivity index (χ3v) is 4.94. The van der Waals surface area contributed by atoms with Crippen molar-refractivity contribution in [3.8, 4) is 16.5 Å². The van der Waals surface area contributed by atoms with Gasteiger partial charge < -0.3 is 4.74 Å². The monoisotopic (exact) mass is 460 g/mol. The summed E-state index contributed by atoms with van der Waals surface area (Å²) in [5.74, 6) is -1.17. The second-order valence-corrected chi connectivity index (χ2v) is 7.20. The van der Waals surface area contributed by atoms with Crippen molar-refractivity contribution in [1.82, 2.24) is 14.5 Å². The lowest BCUT2D eigenvalue weighted by molar-refractivity contribution is -0.118. The van der Waals surface area contributed by atoms with E-state index in [1.807, 2.05) is 0 Å². The number of nitrogens with one attached hydrogen (secondary N) is 1. The molecule has 6 nitrogen and oxygen atoms in total. The number of ether oxygens (including phenoxy) is 1. The van der Waals surface area contributed by atoms with Crippen molar-refractivity contribution in [2.45, 2.75) is 13.5 Å². The first-order valence-electron chi connectivity index (χ1n) is 7.51. The summed E-state index contributed by atoms with van der Waals surface area (Å²) in [6.45, 7) is -1.55. The lowest BCUT2D eigenvalue weighted by Crippen LogP contribution is -2.20. The number of imidazole rings is 1. The molecule has 0 radical (unpaired) electrons. The Hall–Kier alpha value is -2.40. The number of aromatic nitrogens is 3. The van der Waals surface area contributed by atoms with Crippen LogP contribution >= 0.6 is 27.3 Å². The number of thiazole rings is 1. The van der Waals surface area contributed by atoms with Crippen LogP contribution < -0.4 is 10.1 Å². The molecule has 0 aliphatic rings. The molecule has 1 amide bonds. The van der Waals surface area contributed by atoms with Gasteiger partial charge in [0.1, 0.15) is 0 Å². The first kappa shape index (κ1) is 19.4. The summed E-state index contributed by atoms with van der Waals surface area (Å²) in [5.41, 5.74) is 0.447. The molecule has 0 unspecified atom stereocenters. The van der Waals surface area contributed by atoms with Gasteiger partial charge in [-0.3, -0.25) is 14.7 Å². The minimum Gasteiger partial charge on any atom is -0.481 e. The quantitative estimate of drug-likeness (QED) is 0.582. The van der Waals surface area contributed by atoms with Gasteiger partial charge in [0.15, 0.2) is 29.1 Å². The van der Waals surface area contributed by atoms with Crippen molar-refractivity contribution in [2.75, 3.05) is 11.9 Å². The van der Waals surface area contributed by atoms with Gasteiger partial charge in [-0.25, -0.2) is 14.4 Å². The van der Waals surface area contributed by atoms with Crippen LogP contribution in [0.2, 0.25) is 0 Å². The maximum atomic E-state index is 13.7. The smallest absolute Gasteiger partial charge is 0.320 e. The zero-order valence-corrected chi connectivity index (χ0v) is 16.2. The number of carbonyl (C=O) groups excluding carboxylic acids is 1. The molecule has 11 heteroatoms. The number of carbonyl (C=O) groups is 1. The average Bonchev–Trinajstić information content (AvgIpc) is 3.20. The van der Waals surface area contributed by atoms with E-state index in [0.717, 1.165) is 17.5 Å². The van der Waals surface area contributed by atoms with Crippen LogP contribution in [0.25, 0.3) is 10.7 Å². The molecule has 3 rings (SSSR count). The molecule has 0 fully saturated rings. The van der Waals surface area contributed by atoms with Crippen LogP contribution in [0.5, 0.6) is 5.75 Å². The Labute approximate surface area is 164 Å². The third-order valence-electron chi connectivity index (χ3n) is 3.38. The summed E-state index contributed by atoms with van der Waals surface area (Å²) in [7, 11) is 0. The van der Waals surface area contributed by atoms with Gasteiger partial charge >= 0.3 is 6.55 Å². The van der Waals surface area contributed by atoms with Gasteiger partial charge in [-0.2, -0.15) is 8.78 Å². The van der Waals surface area contributed by atoms with Crippen molar-refractivity contribution >= 4 is 38.3 Å². The predicted molar refractivity (Wildman–Crippen MR) is 97.5 cm³/mol. The largest absolute Gasteiger partial charge is 0.481 e. The highest BCUT2D eigenvalue weighted by Gasteiger charge is 2.19. The second kappa shape index (κ2) is 8.09. The van der Waals surface area contributed by atoms with Crippen LogP contribution in [0.3, 0.4) is 0 Å². The number of hydrogen-bond donors (Lipinski definition) is 1. The third kappa shape index (κ3) is 4.48. The van der Waals surface area contributed by atoms with E-state index in [2.05, 4.69) is 31.2 Å². The fourth-order valence-electron chi connectivity index (χ4n) is 2.19. The van der Waals surface area contributed by atoms with E-state index in [-0.39, 0.29) is 16.7 Å². The van der Waals surface area contributed by atoms with Crippen LogP contribution in [-0.2, 0) is 4.79 Å². The number of amides is 1. The Morgan fingerprint density at radius 2 is 2.22 bits per heavy atom. The van der Waals surface area contributed by atoms with Gasteiger partial charge in [0, 0.05) is 16.9 Å². The van der Waals surface area contributed by atoms with Crippen LogP contribution in [0.1, 0.15) is 12.2 Å². The number of alkyl halides is 2. The van der Waals surface area contributed by atoms with Crippen LogP contribution in [-0.4, -0.2) is 27.0 Å². The van der Waals surface area contributed by atoms with Crippen LogP contribution in [0, 0.1) is 12.7 Å². The van der Waals surface area contributed by atoms with Crippen molar-refractivity contribution in [3.63, 3.8) is 0 Å². The molecular weight excluding hydrogens is 449 g/mol. The van der Waals surface area contributed by atoms with Gasteiger partial charge in [0.25, 0.3) is 5.91 Å². The van der Waals surface area contributed by atoms with Crippen molar-refractivity contribution in [3.05, 3.63) is 46.6 Å². The molecule has 0 bridgehead atoms. The highest BCUT2D eigenvalue weighted by atomic mass is 79.9. The normalized spacial score (nSPS) is 11.0. The van der Waals surface area contributed by atoms with Gasteiger partial charge in [-0.15, -0.1) is 0 Å². The summed E-state index contributed by atoms with van der Waals surface area (Å²) in [6.07, 6.45) is 2.43. The number of halogens is 4. The second-order valence-electron chi connectivity index (χ2n) is 5.28. The van der Waals surface area contributed by atoms with Crippen LogP contribution in [0.15, 0.2) is 35.1 Å². The molecule has 1 aromatic carbocycles. The fraction of sp³-hybridized carbons (Fsp3) is 0.188. The topological polar surface area (TPSA) is 69.0 Å². The first-order chi connectivity index (χ1) is 12.8. The highest BCUT2D eigenvalue weighted by molar-refractivity contribution is 9.10. The minimum absolute atomic E-state index is 0.0636. The summed E-state index contributed by atoms with van der Waals surface area (Å²) in [6, 6.07) is 4.19. The standard InChI is InChI=1S/C16H12BrF3N4O2S/c1-8-13(14-21-4-5-24(14)15(19)20)27-16(22-8)23-12(25)7-26-11-3-2-9(17)6-10(11)18/h2-6,15H,7H2,1H3,(H,22,23,25). The fourth-order valence-corrected chi connectivity index (χ4v) is 3.51. The van der Waals surface area contributed by atoms with E-state index in [1.54, 1.807) is 13.0 Å². The molecule has 2 aromatic heterocycles. The molecule has 1 N–H and O–H groups in total. The number of nitrogens with zero attached hydrogens (tertiary/aromatic N) is 3. The number of benzene rings is 1. The molecule has 0 aliphatic heterocycles. The number of rotatable bonds is 6. The van der Waals surface area contributed by atoms with E-state index >= 15 is 0 Å². The molecule has 0 spiro atoms. The molecule has 27 heavy (non-hydrogen) atoms. The number of aryl methyl sites for hydroxylation is 1. The Bertz CT molecular complexity index is 976. The van der Waals surface area contributed by atoms with E-state index in [0.29, 0.717) is 19.6 Å². The van der Waals surface area contributed by atoms with E-state index < -0.39 is 24.9 Å². The predicted octanol–water partition coefficient (Wildman–Crippen LogP) is 4.63. The lowest BCUT2D eigenvalue weighted by atomic mass is 10.3. The molecule has 0 aliphatic carbocycles. The number of hydrogen-bond acceptors (Lipinski definition) is 5. The molecule has 2 heterocycles. The van der Waals surface area contributed by atoms with E-state index in [4.69, 9.17) is 4.74 Å². The summed E-state index contributed by atoms with van der Waals surface area (Å²) >= 11 is 4.13. The Morgan fingerprint density at radius 1 is 1.44 bits per heavy atom. The van der Waals surface area contributed by atoms with E-state index in [1.165, 1.54) is 18.3 Å². The van der Waals surface area contributed by atoms with Gasteiger partial charge in [-0.1, -0.05) is 27.3 Å². The Balaban J connectivity index is 1.67. The number of anilines is 1. The summed E-state index contributed by atoms with van der Waals surface area (Å²) < 4.78 is 46.1. The first-order valence-corrected chi connectivity index (χ1v) is 9.12. The molecule has 0 atom stereocenters. The summed E-state index contributed by atoms with van der Waals surface area (Å²) in [4.78, 5) is 20.5. The molecule has 3 aromatic rings. The van der Waals surface area contributed by atoms with Crippen LogP contribution in [0.4, 0.5) is 18.3 Å². The maximum Gasteiger partial charge on any atom is 0.320 e. The van der Waals surface area contributed by atoms with Crippen molar-refractivity contribution in [1.29, 1.82) is 0 Å². The van der Waals surface area contributed by atoms with Crippen molar-refractivity contribution < 1.29 is 22.7 Å². The molecule has 0 saturated carbocycles. The lowest BCUT2D eigenvalue weighted by Gasteiger charge is -2.07. The molecule has 142 valence electrons. The zero-order chi connectivity index (χ0) is 19.6. The highest BCUT2D eigenvalue weighted by Crippen LogP contribution is 2.33. The Kier molecular flexibility index (Phi) is 5.80. The zero-order valence-electron chi connectivity index (χ0n) is 13.7. The minimum atomic E-state index is -2.74. The van der Waals surface area contributed by atoms with Gasteiger partial charge in [0.05, 0.1) is 10.6 Å². The Morgan fingerprint density at radius 3 is 2.93 bits per heavy atom.